The molecule has 1 heterocycles. The third-order valence-electron chi connectivity index (χ3n) is 5.33. The number of fused-ring (bicyclic) bond motifs is 1. The average Bonchev–Trinajstić information content (AvgIpc) is 3.16. The van der Waals surface area contributed by atoms with Gasteiger partial charge in [-0.3, -0.25) is 14.6 Å². The van der Waals surface area contributed by atoms with Crippen LogP contribution < -0.4 is 5.73 Å². The van der Waals surface area contributed by atoms with Gasteiger partial charge in [0.2, 0.25) is 5.91 Å². The number of nitrogens with zero attached hydrogens (tertiary/aromatic N) is 2. The monoisotopic (exact) mass is 407 g/mol. The van der Waals surface area contributed by atoms with E-state index >= 15 is 0 Å². The molecule has 3 aromatic rings. The highest BCUT2D eigenvalue weighted by atomic mass is 19.1. The summed E-state index contributed by atoms with van der Waals surface area (Å²) in [6.07, 6.45) is 2.15. The van der Waals surface area contributed by atoms with Crippen LogP contribution >= 0.6 is 0 Å². The maximum absolute atomic E-state index is 14.3. The van der Waals surface area contributed by atoms with E-state index in [2.05, 4.69) is 4.98 Å². The minimum absolute atomic E-state index is 0.291. The third kappa shape index (κ3) is 3.54. The van der Waals surface area contributed by atoms with Gasteiger partial charge in [0.15, 0.2) is 6.04 Å². The first-order chi connectivity index (χ1) is 14.5. The van der Waals surface area contributed by atoms with Crippen LogP contribution in [0.25, 0.3) is 0 Å². The molecule has 0 spiro atoms. The number of halogens is 2. The summed E-state index contributed by atoms with van der Waals surface area (Å²) in [5, 5.41) is 0. The normalized spacial score (nSPS) is 16.0. The number of rotatable bonds is 5. The van der Waals surface area contributed by atoms with E-state index in [1.54, 1.807) is 48.5 Å². The summed E-state index contributed by atoms with van der Waals surface area (Å²) in [7, 11) is 0. The Morgan fingerprint density at radius 2 is 1.80 bits per heavy atom. The van der Waals surface area contributed by atoms with Crippen LogP contribution in [0.2, 0.25) is 0 Å². The van der Waals surface area contributed by atoms with Crippen LogP contribution in [0.4, 0.5) is 8.78 Å². The molecule has 0 aliphatic heterocycles. The van der Waals surface area contributed by atoms with Gasteiger partial charge in [-0.25, -0.2) is 8.78 Å². The van der Waals surface area contributed by atoms with Crippen molar-refractivity contribution in [2.24, 2.45) is 5.73 Å². The molecule has 0 bridgehead atoms. The second-order valence-corrected chi connectivity index (χ2v) is 7.15. The summed E-state index contributed by atoms with van der Waals surface area (Å²) >= 11 is 0. The standard InChI is InChI=1S/C23H19F2N3O2/c24-15-12-17-16(18(25)13-15)9-10-20(17)28(23(30)14-6-2-1-3-7-14)21(22(26)29)19-8-4-5-11-27-19/h1-8,11-13,20-21H,9-10H2,(H2,26,29)/t20-,21?/m1/s1. The summed E-state index contributed by atoms with van der Waals surface area (Å²) < 4.78 is 28.4. The van der Waals surface area contributed by atoms with Gasteiger partial charge in [-0.05, 0) is 54.3 Å². The van der Waals surface area contributed by atoms with Gasteiger partial charge in [-0.15, -0.1) is 0 Å². The molecule has 0 radical (unpaired) electrons. The summed E-state index contributed by atoms with van der Waals surface area (Å²) in [5.74, 6) is -2.64. The fraction of sp³-hybridized carbons (Fsp3) is 0.174. The molecule has 0 fully saturated rings. The largest absolute Gasteiger partial charge is 0.368 e. The van der Waals surface area contributed by atoms with Gasteiger partial charge in [0.25, 0.3) is 5.91 Å². The predicted octanol–water partition coefficient (Wildman–Crippen LogP) is 3.72. The van der Waals surface area contributed by atoms with Gasteiger partial charge in [-0.2, -0.15) is 0 Å². The van der Waals surface area contributed by atoms with E-state index in [1.165, 1.54) is 17.2 Å². The Morgan fingerprint density at radius 3 is 2.47 bits per heavy atom. The average molecular weight is 407 g/mol. The third-order valence-corrected chi connectivity index (χ3v) is 5.33. The molecule has 7 heteroatoms. The molecule has 2 N–H and O–H groups in total. The molecular weight excluding hydrogens is 388 g/mol. The van der Waals surface area contributed by atoms with E-state index in [1.807, 2.05) is 0 Å². The summed E-state index contributed by atoms with van der Waals surface area (Å²) in [4.78, 5) is 31.6. The Morgan fingerprint density at radius 1 is 1.07 bits per heavy atom. The van der Waals surface area contributed by atoms with Crippen molar-refractivity contribution >= 4 is 11.8 Å². The van der Waals surface area contributed by atoms with E-state index in [0.29, 0.717) is 35.2 Å². The summed E-state index contributed by atoms with van der Waals surface area (Å²) in [5.41, 5.74) is 7.03. The van der Waals surface area contributed by atoms with Crippen LogP contribution in [0.3, 0.4) is 0 Å². The number of primary amides is 1. The first-order valence-electron chi connectivity index (χ1n) is 9.53. The quantitative estimate of drug-likeness (QED) is 0.700. The number of aromatic nitrogens is 1. The molecule has 2 atom stereocenters. The SMILES string of the molecule is NC(=O)C(c1ccccn1)N(C(=O)c1ccccc1)[C@@H]1CCc2c(F)cc(F)cc21. The number of pyridine rings is 1. The minimum atomic E-state index is -1.19. The van der Waals surface area contributed by atoms with Crippen LogP contribution in [0, 0.1) is 11.6 Å². The molecule has 0 saturated heterocycles. The van der Waals surface area contributed by atoms with Crippen molar-refractivity contribution < 1.29 is 18.4 Å². The highest BCUT2D eigenvalue weighted by Gasteiger charge is 2.40. The van der Waals surface area contributed by atoms with Crippen molar-refractivity contribution in [3.63, 3.8) is 0 Å². The molecule has 0 saturated carbocycles. The van der Waals surface area contributed by atoms with Crippen LogP contribution in [0.1, 0.15) is 45.7 Å². The van der Waals surface area contributed by atoms with E-state index in [4.69, 9.17) is 5.73 Å². The smallest absolute Gasteiger partial charge is 0.255 e. The Hall–Kier alpha value is -3.61. The molecule has 1 unspecified atom stereocenters. The van der Waals surface area contributed by atoms with Crippen molar-refractivity contribution in [1.82, 2.24) is 9.88 Å². The molecular formula is C23H19F2N3O2. The molecule has 30 heavy (non-hydrogen) atoms. The van der Waals surface area contributed by atoms with E-state index in [0.717, 1.165) is 6.07 Å². The first-order valence-corrected chi connectivity index (χ1v) is 9.53. The molecule has 2 aromatic carbocycles. The Kier molecular flexibility index (Phi) is 5.27. The number of hydrogen-bond acceptors (Lipinski definition) is 3. The van der Waals surface area contributed by atoms with Crippen LogP contribution in [-0.2, 0) is 11.2 Å². The number of hydrogen-bond donors (Lipinski definition) is 1. The highest BCUT2D eigenvalue weighted by molar-refractivity contribution is 5.98. The van der Waals surface area contributed by atoms with Crippen LogP contribution in [0.5, 0.6) is 0 Å². The van der Waals surface area contributed by atoms with Gasteiger partial charge < -0.3 is 10.6 Å². The number of benzene rings is 2. The fourth-order valence-corrected chi connectivity index (χ4v) is 4.04. The molecule has 1 aliphatic rings. The van der Waals surface area contributed by atoms with Crippen molar-refractivity contribution in [2.45, 2.75) is 24.9 Å². The molecule has 1 aliphatic carbocycles. The second kappa shape index (κ2) is 8.02. The number of carbonyl (C=O) groups excluding carboxylic acids is 2. The van der Waals surface area contributed by atoms with Crippen molar-refractivity contribution in [3.8, 4) is 0 Å². The molecule has 4 rings (SSSR count). The Labute approximate surface area is 172 Å². The second-order valence-electron chi connectivity index (χ2n) is 7.15. The zero-order valence-electron chi connectivity index (χ0n) is 16.0. The summed E-state index contributed by atoms with van der Waals surface area (Å²) in [6.45, 7) is 0. The van der Waals surface area contributed by atoms with Crippen LogP contribution in [-0.4, -0.2) is 21.7 Å². The lowest BCUT2D eigenvalue weighted by Crippen LogP contribution is -2.44. The molecule has 5 nitrogen and oxygen atoms in total. The van der Waals surface area contributed by atoms with E-state index in [-0.39, 0.29) is 0 Å². The highest BCUT2D eigenvalue weighted by Crippen LogP contribution is 2.42. The van der Waals surface area contributed by atoms with Crippen molar-refractivity contribution in [2.75, 3.05) is 0 Å². The van der Waals surface area contributed by atoms with E-state index < -0.39 is 35.5 Å². The zero-order valence-corrected chi connectivity index (χ0v) is 16.0. The molecule has 152 valence electrons. The lowest BCUT2D eigenvalue weighted by Gasteiger charge is -2.35. The van der Waals surface area contributed by atoms with Gasteiger partial charge in [0.1, 0.15) is 11.6 Å². The van der Waals surface area contributed by atoms with E-state index in [9.17, 15) is 18.4 Å². The maximum atomic E-state index is 14.3. The van der Waals surface area contributed by atoms with Gasteiger partial charge in [0, 0.05) is 17.8 Å². The van der Waals surface area contributed by atoms with Gasteiger partial charge in [-0.1, -0.05) is 24.3 Å². The molecule has 2 amide bonds. The number of nitrogens with two attached hydrogens (primary N) is 1. The van der Waals surface area contributed by atoms with Gasteiger partial charge >= 0.3 is 0 Å². The number of amides is 2. The maximum Gasteiger partial charge on any atom is 0.255 e. The Bertz CT molecular complexity index is 1090. The predicted molar refractivity (Wildman–Crippen MR) is 106 cm³/mol. The fourth-order valence-electron chi connectivity index (χ4n) is 4.04. The first kappa shape index (κ1) is 19.7. The lowest BCUT2D eigenvalue weighted by molar-refractivity contribution is -0.123. The number of carbonyl (C=O) groups is 2. The summed E-state index contributed by atoms with van der Waals surface area (Å²) in [6, 6.07) is 13.5. The lowest BCUT2D eigenvalue weighted by atomic mass is 10.00. The minimum Gasteiger partial charge on any atom is -0.368 e. The zero-order chi connectivity index (χ0) is 21.3. The van der Waals surface area contributed by atoms with Gasteiger partial charge in [0.05, 0.1) is 11.7 Å². The Balaban J connectivity index is 1.88. The topological polar surface area (TPSA) is 76.3 Å². The van der Waals surface area contributed by atoms with Crippen molar-refractivity contribution in [3.05, 3.63) is 101 Å². The van der Waals surface area contributed by atoms with Crippen LogP contribution in [0.15, 0.2) is 66.9 Å². The van der Waals surface area contributed by atoms with Crippen molar-refractivity contribution in [1.29, 1.82) is 0 Å². The molecule has 1 aromatic heterocycles.